The zero-order valence-electron chi connectivity index (χ0n) is 24.8. The first-order valence-electron chi connectivity index (χ1n) is 15.9. The average molecular weight is 562 g/mol. The number of hydrogen-bond acceptors (Lipinski definition) is 6. The van der Waals surface area contributed by atoms with Gasteiger partial charge in [0.05, 0.1) is 19.4 Å². The molecule has 0 aromatic heterocycles. The number of carbonyl (C=O) groups excluding carboxylic acids is 1. The Kier molecular flexibility index (Phi) is 22.8. The Balaban J connectivity index is 1.96. The van der Waals surface area contributed by atoms with Crippen LogP contribution < -0.4 is 0 Å². The maximum absolute atomic E-state index is 12.4. The van der Waals surface area contributed by atoms with Crippen LogP contribution in [0.3, 0.4) is 0 Å². The van der Waals surface area contributed by atoms with Crippen LogP contribution in [0.1, 0.15) is 136 Å². The lowest BCUT2D eigenvalue weighted by molar-refractivity contribution is -0.151. The monoisotopic (exact) mass is 561 g/mol. The quantitative estimate of drug-likeness (QED) is 0.0620. The van der Waals surface area contributed by atoms with Crippen LogP contribution in [-0.4, -0.2) is 67.5 Å². The molecule has 0 aliphatic carbocycles. The number of ether oxygens (including phenoxy) is 2. The van der Waals surface area contributed by atoms with Crippen molar-refractivity contribution in [1.29, 1.82) is 0 Å². The molecule has 0 radical (unpaired) electrons. The van der Waals surface area contributed by atoms with Crippen molar-refractivity contribution in [1.82, 2.24) is 4.90 Å². The Hall–Kier alpha value is -0.460. The highest BCUT2D eigenvalue weighted by Gasteiger charge is 2.24. The van der Waals surface area contributed by atoms with Crippen molar-refractivity contribution >= 4 is 13.6 Å². The predicted octanol–water partition coefficient (Wildman–Crippen LogP) is 7.88. The summed E-state index contributed by atoms with van der Waals surface area (Å²) in [4.78, 5) is 23.9. The van der Waals surface area contributed by atoms with Gasteiger partial charge in [0.15, 0.2) is 0 Å². The average Bonchev–Trinajstić information content (AvgIpc) is 3.39. The molecule has 2 atom stereocenters. The van der Waals surface area contributed by atoms with Gasteiger partial charge in [-0.2, -0.15) is 0 Å². The Morgan fingerprint density at radius 2 is 1.29 bits per heavy atom. The number of rotatable bonds is 27. The fraction of sp³-hybridized carbons (Fsp3) is 0.967. The molecule has 1 N–H and O–H groups in total. The van der Waals surface area contributed by atoms with Crippen LogP contribution in [0.5, 0.6) is 0 Å². The van der Waals surface area contributed by atoms with Crippen LogP contribution in [0.25, 0.3) is 0 Å². The van der Waals surface area contributed by atoms with Crippen molar-refractivity contribution in [2.24, 2.45) is 0 Å². The molecule has 1 rings (SSSR count). The molecule has 1 saturated heterocycles. The third kappa shape index (κ3) is 22.4. The van der Waals surface area contributed by atoms with Gasteiger partial charge in [-0.25, -0.2) is 0 Å². The number of likely N-dealkylation sites (tertiary alicyclic amines) is 1. The van der Waals surface area contributed by atoms with Crippen molar-refractivity contribution in [3.8, 4) is 0 Å². The number of esters is 1. The molecule has 2 unspecified atom stereocenters. The van der Waals surface area contributed by atoms with E-state index >= 15 is 0 Å². The van der Waals surface area contributed by atoms with Crippen LogP contribution in [0.15, 0.2) is 0 Å². The Morgan fingerprint density at radius 1 is 0.789 bits per heavy atom. The molecule has 0 aromatic rings. The molecular formula is C30H60NO6P. The topological polar surface area (TPSA) is 85.3 Å². The lowest BCUT2D eigenvalue weighted by atomic mass is 10.0. The van der Waals surface area contributed by atoms with Crippen LogP contribution in [0, 0.1) is 0 Å². The highest BCUT2D eigenvalue weighted by Crippen LogP contribution is 2.42. The standard InChI is InChI=1S/C30H60NO6P/c1-3-4-5-6-7-8-9-10-11-12-13-14-15-16-17-20-25-35-27-30(37-29(2)32)28-36-38(33,34)26-21-24-31-22-18-19-23-31/h30H,3-28H2,1-2H3,(H,33,34). The summed E-state index contributed by atoms with van der Waals surface area (Å²) < 4.78 is 28.6. The van der Waals surface area contributed by atoms with Gasteiger partial charge in [-0.05, 0) is 45.3 Å². The second kappa shape index (κ2) is 24.3. The second-order valence-corrected chi connectivity index (χ2v) is 13.1. The normalized spacial score (nSPS) is 16.5. The SMILES string of the molecule is CCCCCCCCCCCCCCCCCCOCC(COP(=O)(O)CCCN1CCCC1)OC(C)=O. The van der Waals surface area contributed by atoms with Crippen LogP contribution in [-0.2, 0) is 23.4 Å². The van der Waals surface area contributed by atoms with Gasteiger partial charge in [0, 0.05) is 13.5 Å². The number of unbranched alkanes of at least 4 members (excludes halogenated alkanes) is 15. The van der Waals surface area contributed by atoms with Gasteiger partial charge in [-0.15, -0.1) is 0 Å². The van der Waals surface area contributed by atoms with Crippen LogP contribution in [0.2, 0.25) is 0 Å². The summed E-state index contributed by atoms with van der Waals surface area (Å²) in [7, 11) is -3.70. The summed E-state index contributed by atoms with van der Waals surface area (Å²) in [5.74, 6) is -0.439. The first-order chi connectivity index (χ1) is 18.4. The minimum absolute atomic E-state index is 0.115. The summed E-state index contributed by atoms with van der Waals surface area (Å²) in [6.45, 7) is 7.24. The van der Waals surface area contributed by atoms with Gasteiger partial charge < -0.3 is 23.8 Å². The molecule has 226 valence electrons. The van der Waals surface area contributed by atoms with E-state index in [4.69, 9.17) is 14.0 Å². The van der Waals surface area contributed by atoms with E-state index < -0.39 is 19.7 Å². The first kappa shape index (κ1) is 35.6. The molecule has 1 fully saturated rings. The Labute approximate surface area is 234 Å². The van der Waals surface area contributed by atoms with E-state index in [1.165, 1.54) is 110 Å². The van der Waals surface area contributed by atoms with E-state index in [-0.39, 0.29) is 19.4 Å². The van der Waals surface area contributed by atoms with E-state index in [1.807, 2.05) is 0 Å². The second-order valence-electron chi connectivity index (χ2n) is 11.2. The molecule has 0 saturated carbocycles. The molecule has 0 aromatic carbocycles. The zero-order chi connectivity index (χ0) is 27.7. The van der Waals surface area contributed by atoms with Crippen LogP contribution in [0.4, 0.5) is 0 Å². The Morgan fingerprint density at radius 3 is 1.79 bits per heavy atom. The molecule has 1 aliphatic rings. The van der Waals surface area contributed by atoms with Crippen LogP contribution >= 0.6 is 7.60 Å². The molecule has 38 heavy (non-hydrogen) atoms. The number of carbonyl (C=O) groups is 1. The number of nitrogens with zero attached hydrogens (tertiary/aromatic N) is 1. The van der Waals surface area contributed by atoms with E-state index in [0.717, 1.165) is 32.5 Å². The van der Waals surface area contributed by atoms with Gasteiger partial charge in [0.25, 0.3) is 0 Å². The predicted molar refractivity (Wildman–Crippen MR) is 157 cm³/mol. The van der Waals surface area contributed by atoms with Crippen molar-refractivity contribution in [3.05, 3.63) is 0 Å². The first-order valence-corrected chi connectivity index (χ1v) is 17.6. The molecule has 1 aliphatic heterocycles. The van der Waals surface area contributed by atoms with Gasteiger partial charge >= 0.3 is 13.6 Å². The molecule has 1 heterocycles. The van der Waals surface area contributed by atoms with Gasteiger partial charge in [0.1, 0.15) is 6.10 Å². The zero-order valence-corrected chi connectivity index (χ0v) is 25.7. The lowest BCUT2D eigenvalue weighted by Gasteiger charge is -2.20. The molecular weight excluding hydrogens is 501 g/mol. The van der Waals surface area contributed by atoms with E-state index in [1.54, 1.807) is 0 Å². The minimum Gasteiger partial charge on any atom is -0.458 e. The molecule has 0 spiro atoms. The highest BCUT2D eigenvalue weighted by molar-refractivity contribution is 7.52. The molecule has 8 heteroatoms. The summed E-state index contributed by atoms with van der Waals surface area (Å²) in [6, 6.07) is 0. The number of hydrogen-bond donors (Lipinski definition) is 1. The molecule has 0 bridgehead atoms. The largest absolute Gasteiger partial charge is 0.458 e. The summed E-state index contributed by atoms with van der Waals surface area (Å²) in [6.07, 6.45) is 23.8. The van der Waals surface area contributed by atoms with Crippen molar-refractivity contribution < 1.29 is 28.3 Å². The smallest absolute Gasteiger partial charge is 0.328 e. The van der Waals surface area contributed by atoms with Gasteiger partial charge in [-0.1, -0.05) is 103 Å². The Bertz CT molecular complexity index is 599. The molecule has 0 amide bonds. The van der Waals surface area contributed by atoms with Crippen molar-refractivity contribution in [2.75, 3.05) is 45.6 Å². The summed E-state index contributed by atoms with van der Waals surface area (Å²) in [5, 5.41) is 0. The van der Waals surface area contributed by atoms with E-state index in [0.29, 0.717) is 13.0 Å². The van der Waals surface area contributed by atoms with Gasteiger partial charge in [0.2, 0.25) is 0 Å². The fourth-order valence-electron chi connectivity index (χ4n) is 5.08. The van der Waals surface area contributed by atoms with Crippen molar-refractivity contribution in [2.45, 2.75) is 142 Å². The third-order valence-electron chi connectivity index (χ3n) is 7.35. The maximum Gasteiger partial charge on any atom is 0.328 e. The molecule has 7 nitrogen and oxygen atoms in total. The summed E-state index contributed by atoms with van der Waals surface area (Å²) in [5.41, 5.74) is 0. The fourth-order valence-corrected chi connectivity index (χ4v) is 6.15. The minimum atomic E-state index is -3.70. The van der Waals surface area contributed by atoms with E-state index in [2.05, 4.69) is 11.8 Å². The van der Waals surface area contributed by atoms with E-state index in [9.17, 15) is 14.3 Å². The van der Waals surface area contributed by atoms with Crippen molar-refractivity contribution in [3.63, 3.8) is 0 Å². The third-order valence-corrected chi connectivity index (χ3v) is 8.79. The highest BCUT2D eigenvalue weighted by atomic mass is 31.2. The summed E-state index contributed by atoms with van der Waals surface area (Å²) >= 11 is 0. The lowest BCUT2D eigenvalue weighted by Crippen LogP contribution is -2.28. The van der Waals surface area contributed by atoms with Gasteiger partial charge in [-0.3, -0.25) is 9.36 Å². The maximum atomic E-state index is 12.4.